The van der Waals surface area contributed by atoms with E-state index in [0.717, 1.165) is 11.3 Å². The first-order valence-corrected chi connectivity index (χ1v) is 5.23. The van der Waals surface area contributed by atoms with Gasteiger partial charge in [-0.25, -0.2) is 9.97 Å². The van der Waals surface area contributed by atoms with Crippen LogP contribution in [0.25, 0.3) is 0 Å². The third kappa shape index (κ3) is 2.40. The summed E-state index contributed by atoms with van der Waals surface area (Å²) >= 11 is 0. The summed E-state index contributed by atoms with van der Waals surface area (Å²) in [6.45, 7) is 1.94. The molecule has 1 aromatic heterocycles. The van der Waals surface area contributed by atoms with Gasteiger partial charge in [0.25, 0.3) is 0 Å². The maximum atomic E-state index is 8.85. The first-order chi connectivity index (χ1) is 8.20. The van der Waals surface area contributed by atoms with Crippen LogP contribution in [0, 0.1) is 18.3 Å². The zero-order valence-electron chi connectivity index (χ0n) is 9.75. The van der Waals surface area contributed by atoms with Gasteiger partial charge in [-0.3, -0.25) is 0 Å². The van der Waals surface area contributed by atoms with Gasteiger partial charge in [0.15, 0.2) is 0 Å². The number of anilines is 2. The van der Waals surface area contributed by atoms with Gasteiger partial charge in [0.05, 0.1) is 11.6 Å². The van der Waals surface area contributed by atoms with Crippen LogP contribution >= 0.6 is 0 Å². The molecule has 4 heteroatoms. The quantitative estimate of drug-likeness (QED) is 0.786. The SMILES string of the molecule is Cc1cnc(N(C)c2cccc(C#N)c2)nc1. The molecule has 4 nitrogen and oxygen atoms in total. The van der Waals surface area contributed by atoms with E-state index in [1.165, 1.54) is 0 Å². The number of hydrogen-bond acceptors (Lipinski definition) is 4. The summed E-state index contributed by atoms with van der Waals surface area (Å²) in [5, 5.41) is 8.85. The Labute approximate surface area is 100 Å². The van der Waals surface area contributed by atoms with Crippen molar-refractivity contribution in [2.24, 2.45) is 0 Å². The zero-order chi connectivity index (χ0) is 12.3. The Hall–Kier alpha value is -2.41. The lowest BCUT2D eigenvalue weighted by atomic mass is 10.2. The fourth-order valence-electron chi connectivity index (χ4n) is 1.46. The first kappa shape index (κ1) is 11.1. The molecular formula is C13H12N4. The highest BCUT2D eigenvalue weighted by Crippen LogP contribution is 2.20. The summed E-state index contributed by atoms with van der Waals surface area (Å²) in [5.41, 5.74) is 2.54. The van der Waals surface area contributed by atoms with Crippen molar-refractivity contribution in [3.63, 3.8) is 0 Å². The predicted molar refractivity (Wildman–Crippen MR) is 66.0 cm³/mol. The van der Waals surface area contributed by atoms with Crippen molar-refractivity contribution in [3.05, 3.63) is 47.8 Å². The molecule has 2 rings (SSSR count). The van der Waals surface area contributed by atoms with Crippen LogP contribution in [-0.4, -0.2) is 17.0 Å². The molecule has 1 aromatic carbocycles. The zero-order valence-corrected chi connectivity index (χ0v) is 9.75. The number of aryl methyl sites for hydroxylation is 1. The van der Waals surface area contributed by atoms with E-state index < -0.39 is 0 Å². The van der Waals surface area contributed by atoms with Crippen molar-refractivity contribution in [1.82, 2.24) is 9.97 Å². The molecule has 0 unspecified atom stereocenters. The Kier molecular flexibility index (Phi) is 3.01. The molecule has 2 aromatic rings. The maximum Gasteiger partial charge on any atom is 0.229 e. The van der Waals surface area contributed by atoms with Gasteiger partial charge in [0, 0.05) is 25.1 Å². The fourth-order valence-corrected chi connectivity index (χ4v) is 1.46. The standard InChI is InChI=1S/C13H12N4/c1-10-8-15-13(16-9-10)17(2)12-5-3-4-11(6-12)7-14/h3-6,8-9H,1-2H3. The molecule has 0 spiro atoms. The third-order valence-corrected chi connectivity index (χ3v) is 2.43. The Balaban J connectivity index is 2.33. The van der Waals surface area contributed by atoms with Crippen LogP contribution in [0.1, 0.15) is 11.1 Å². The number of nitrogens with zero attached hydrogens (tertiary/aromatic N) is 4. The van der Waals surface area contributed by atoms with Crippen molar-refractivity contribution in [2.75, 3.05) is 11.9 Å². The van der Waals surface area contributed by atoms with Crippen molar-refractivity contribution in [2.45, 2.75) is 6.92 Å². The highest BCUT2D eigenvalue weighted by Gasteiger charge is 2.06. The summed E-state index contributed by atoms with van der Waals surface area (Å²) < 4.78 is 0. The van der Waals surface area contributed by atoms with Crippen LogP contribution in [0.15, 0.2) is 36.7 Å². The minimum atomic E-state index is 0.616. The Morgan fingerprint density at radius 2 is 1.94 bits per heavy atom. The molecule has 0 aliphatic carbocycles. The monoisotopic (exact) mass is 224 g/mol. The lowest BCUT2D eigenvalue weighted by Crippen LogP contribution is -2.12. The summed E-state index contributed by atoms with van der Waals surface area (Å²) in [6, 6.07) is 9.46. The topological polar surface area (TPSA) is 52.8 Å². The van der Waals surface area contributed by atoms with E-state index in [1.807, 2.05) is 37.1 Å². The van der Waals surface area contributed by atoms with E-state index in [0.29, 0.717) is 11.5 Å². The Morgan fingerprint density at radius 1 is 1.24 bits per heavy atom. The van der Waals surface area contributed by atoms with E-state index in [1.54, 1.807) is 18.5 Å². The van der Waals surface area contributed by atoms with Gasteiger partial charge in [-0.15, -0.1) is 0 Å². The molecule has 84 valence electrons. The number of rotatable bonds is 2. The molecule has 0 atom stereocenters. The lowest BCUT2D eigenvalue weighted by Gasteiger charge is -2.16. The number of aromatic nitrogens is 2. The van der Waals surface area contributed by atoms with Gasteiger partial charge in [-0.05, 0) is 30.7 Å². The predicted octanol–water partition coefficient (Wildman–Crippen LogP) is 2.42. The van der Waals surface area contributed by atoms with E-state index >= 15 is 0 Å². The van der Waals surface area contributed by atoms with E-state index in [-0.39, 0.29) is 0 Å². The van der Waals surface area contributed by atoms with Crippen LogP contribution < -0.4 is 4.90 Å². The average molecular weight is 224 g/mol. The van der Waals surface area contributed by atoms with Gasteiger partial charge in [-0.2, -0.15) is 5.26 Å². The van der Waals surface area contributed by atoms with Gasteiger partial charge >= 0.3 is 0 Å². The summed E-state index contributed by atoms with van der Waals surface area (Å²) in [4.78, 5) is 10.3. The summed E-state index contributed by atoms with van der Waals surface area (Å²) in [6.07, 6.45) is 3.54. The normalized spacial score (nSPS) is 9.71. The van der Waals surface area contributed by atoms with E-state index in [2.05, 4.69) is 16.0 Å². The second-order valence-electron chi connectivity index (χ2n) is 3.78. The smallest absolute Gasteiger partial charge is 0.229 e. The van der Waals surface area contributed by atoms with Crippen molar-refractivity contribution >= 4 is 11.6 Å². The Morgan fingerprint density at radius 3 is 2.59 bits per heavy atom. The minimum Gasteiger partial charge on any atom is -0.314 e. The maximum absolute atomic E-state index is 8.85. The first-order valence-electron chi connectivity index (χ1n) is 5.23. The highest BCUT2D eigenvalue weighted by molar-refractivity contribution is 5.58. The van der Waals surface area contributed by atoms with Crippen molar-refractivity contribution in [1.29, 1.82) is 5.26 Å². The van der Waals surface area contributed by atoms with Crippen LogP contribution in [0.3, 0.4) is 0 Å². The number of benzene rings is 1. The third-order valence-electron chi connectivity index (χ3n) is 2.43. The summed E-state index contributed by atoms with van der Waals surface area (Å²) in [5.74, 6) is 0.616. The lowest BCUT2D eigenvalue weighted by molar-refractivity contribution is 1.03. The second-order valence-corrected chi connectivity index (χ2v) is 3.78. The van der Waals surface area contributed by atoms with Gasteiger partial charge in [-0.1, -0.05) is 6.07 Å². The highest BCUT2D eigenvalue weighted by atomic mass is 15.2. The molecule has 0 aliphatic heterocycles. The van der Waals surface area contributed by atoms with E-state index in [9.17, 15) is 0 Å². The summed E-state index contributed by atoms with van der Waals surface area (Å²) in [7, 11) is 1.88. The van der Waals surface area contributed by atoms with Crippen molar-refractivity contribution in [3.8, 4) is 6.07 Å². The van der Waals surface area contributed by atoms with Crippen LogP contribution in [-0.2, 0) is 0 Å². The molecule has 0 radical (unpaired) electrons. The van der Waals surface area contributed by atoms with Crippen molar-refractivity contribution < 1.29 is 0 Å². The van der Waals surface area contributed by atoms with Gasteiger partial charge in [0.2, 0.25) is 5.95 Å². The van der Waals surface area contributed by atoms with Crippen LogP contribution in [0.4, 0.5) is 11.6 Å². The second kappa shape index (κ2) is 4.62. The molecule has 0 aliphatic rings. The molecule has 0 saturated carbocycles. The molecule has 17 heavy (non-hydrogen) atoms. The molecule has 0 fully saturated rings. The fraction of sp³-hybridized carbons (Fsp3) is 0.154. The number of hydrogen-bond donors (Lipinski definition) is 0. The molecular weight excluding hydrogens is 212 g/mol. The number of nitriles is 1. The van der Waals surface area contributed by atoms with Gasteiger partial charge in [0.1, 0.15) is 0 Å². The molecule has 0 saturated heterocycles. The van der Waals surface area contributed by atoms with Crippen LogP contribution in [0.5, 0.6) is 0 Å². The average Bonchev–Trinajstić information content (AvgIpc) is 2.39. The largest absolute Gasteiger partial charge is 0.314 e. The van der Waals surface area contributed by atoms with E-state index in [4.69, 9.17) is 5.26 Å². The van der Waals surface area contributed by atoms with Gasteiger partial charge < -0.3 is 4.90 Å². The molecule has 0 N–H and O–H groups in total. The molecule has 1 heterocycles. The Bertz CT molecular complexity index is 554. The minimum absolute atomic E-state index is 0.616. The molecule has 0 amide bonds. The van der Waals surface area contributed by atoms with Crippen LogP contribution in [0.2, 0.25) is 0 Å². The molecule has 0 bridgehead atoms.